The molecule has 1 aromatic carbocycles. The van der Waals surface area contributed by atoms with E-state index in [1.807, 2.05) is 6.92 Å². The molecule has 0 spiro atoms. The molecule has 1 N–H and O–H groups in total. The van der Waals surface area contributed by atoms with Crippen molar-refractivity contribution in [3.8, 4) is 11.5 Å². The Kier molecular flexibility index (Phi) is 6.20. The van der Waals surface area contributed by atoms with Crippen LogP contribution < -0.4 is 4.74 Å². The Bertz CT molecular complexity index is 572. The molecule has 0 aliphatic carbocycles. The first-order valence-electron chi connectivity index (χ1n) is 6.39. The average molecular weight is 290 g/mol. The lowest BCUT2D eigenvalue weighted by Crippen LogP contribution is -2.02. The summed E-state index contributed by atoms with van der Waals surface area (Å²) in [4.78, 5) is 22.3. The van der Waals surface area contributed by atoms with E-state index < -0.39 is 11.9 Å². The van der Waals surface area contributed by atoms with Crippen molar-refractivity contribution in [2.75, 3.05) is 6.61 Å². The molecule has 0 atom stereocenters. The van der Waals surface area contributed by atoms with Crippen LogP contribution in [0.3, 0.4) is 0 Å². The van der Waals surface area contributed by atoms with Gasteiger partial charge in [0, 0.05) is 19.4 Å². The number of hydrogen-bond acceptors (Lipinski definition) is 5. The number of benzene rings is 1. The van der Waals surface area contributed by atoms with Gasteiger partial charge in [0.1, 0.15) is 0 Å². The molecule has 0 unspecified atom stereocenters. The molecule has 0 saturated heterocycles. The van der Waals surface area contributed by atoms with Crippen molar-refractivity contribution < 1.29 is 24.2 Å². The highest BCUT2D eigenvalue weighted by atomic mass is 16.5. The minimum absolute atomic E-state index is 0.0419. The molecule has 21 heavy (non-hydrogen) atoms. The molecule has 0 heterocycles. The Morgan fingerprint density at radius 3 is 2.67 bits per heavy atom. The summed E-state index contributed by atoms with van der Waals surface area (Å²) in [7, 11) is 0. The van der Waals surface area contributed by atoms with Crippen molar-refractivity contribution in [3.05, 3.63) is 42.0 Å². The van der Waals surface area contributed by atoms with Gasteiger partial charge in [-0.2, -0.15) is 0 Å². The van der Waals surface area contributed by atoms with Gasteiger partial charge >= 0.3 is 11.9 Å². The molecule has 0 amide bonds. The zero-order valence-electron chi connectivity index (χ0n) is 12.1. The summed E-state index contributed by atoms with van der Waals surface area (Å²) >= 11 is 0. The van der Waals surface area contributed by atoms with Crippen LogP contribution in [-0.2, 0) is 14.3 Å². The number of carbonyl (C=O) groups is 2. The molecule has 1 rings (SSSR count). The van der Waals surface area contributed by atoms with Crippen molar-refractivity contribution in [1.82, 2.24) is 0 Å². The minimum atomic E-state index is -0.536. The van der Waals surface area contributed by atoms with E-state index >= 15 is 0 Å². The Balaban J connectivity index is 2.65. The van der Waals surface area contributed by atoms with Crippen molar-refractivity contribution in [1.29, 1.82) is 0 Å². The number of phenols is 1. The fourth-order valence-corrected chi connectivity index (χ4v) is 1.41. The van der Waals surface area contributed by atoms with Gasteiger partial charge in [0.15, 0.2) is 11.5 Å². The number of hydrogen-bond donors (Lipinski definition) is 1. The Morgan fingerprint density at radius 1 is 1.33 bits per heavy atom. The van der Waals surface area contributed by atoms with Crippen LogP contribution in [0.1, 0.15) is 25.8 Å². The second-order valence-corrected chi connectivity index (χ2v) is 4.53. The zero-order valence-corrected chi connectivity index (χ0v) is 12.1. The van der Waals surface area contributed by atoms with Gasteiger partial charge < -0.3 is 14.6 Å². The van der Waals surface area contributed by atoms with E-state index in [9.17, 15) is 14.7 Å². The van der Waals surface area contributed by atoms with E-state index in [2.05, 4.69) is 6.58 Å². The molecular weight excluding hydrogens is 272 g/mol. The highest BCUT2D eigenvalue weighted by molar-refractivity contribution is 5.87. The average Bonchev–Trinajstić information content (AvgIpc) is 2.38. The van der Waals surface area contributed by atoms with Gasteiger partial charge in [-0.1, -0.05) is 11.6 Å². The van der Waals surface area contributed by atoms with Crippen LogP contribution in [0.5, 0.6) is 11.5 Å². The Hall–Kier alpha value is -2.56. The predicted molar refractivity (Wildman–Crippen MR) is 78.8 cm³/mol. The highest BCUT2D eigenvalue weighted by Crippen LogP contribution is 2.27. The summed E-state index contributed by atoms with van der Waals surface area (Å²) in [5.74, 6) is -1.12. The van der Waals surface area contributed by atoms with E-state index in [1.54, 1.807) is 6.07 Å². The minimum Gasteiger partial charge on any atom is -0.504 e. The van der Waals surface area contributed by atoms with Gasteiger partial charge in [-0.25, -0.2) is 4.79 Å². The van der Waals surface area contributed by atoms with Gasteiger partial charge in [0.05, 0.1) is 6.61 Å². The summed E-state index contributed by atoms with van der Waals surface area (Å²) in [6, 6.07) is 4.42. The summed E-state index contributed by atoms with van der Waals surface area (Å²) in [6.07, 6.45) is 3.40. The van der Waals surface area contributed by atoms with Crippen LogP contribution in [0.2, 0.25) is 0 Å². The second kappa shape index (κ2) is 7.89. The summed E-state index contributed by atoms with van der Waals surface area (Å²) in [5.41, 5.74) is 1.54. The van der Waals surface area contributed by atoms with E-state index in [1.165, 1.54) is 31.2 Å². The second-order valence-electron chi connectivity index (χ2n) is 4.53. The van der Waals surface area contributed by atoms with E-state index in [0.29, 0.717) is 12.0 Å². The van der Waals surface area contributed by atoms with E-state index in [0.717, 1.165) is 5.57 Å². The smallest absolute Gasteiger partial charge is 0.330 e. The number of aromatic hydroxyl groups is 1. The molecule has 5 heteroatoms. The molecule has 0 saturated carbocycles. The van der Waals surface area contributed by atoms with Crippen molar-refractivity contribution in [2.45, 2.75) is 20.3 Å². The maximum atomic E-state index is 11.5. The number of rotatable bonds is 6. The third kappa shape index (κ3) is 6.42. The SMILES string of the molecule is C=C(C)CCOC(=O)/C=C\c1ccc(O)c(OC(C)=O)c1. The first-order chi connectivity index (χ1) is 9.88. The van der Waals surface area contributed by atoms with Crippen LogP contribution >= 0.6 is 0 Å². The molecule has 0 aliphatic rings. The van der Waals surface area contributed by atoms with Gasteiger partial charge in [-0.3, -0.25) is 4.79 Å². The lowest BCUT2D eigenvalue weighted by molar-refractivity contribution is -0.137. The van der Waals surface area contributed by atoms with Crippen molar-refractivity contribution in [3.63, 3.8) is 0 Å². The Labute approximate surface area is 123 Å². The summed E-state index contributed by atoms with van der Waals surface area (Å²) < 4.78 is 9.81. The molecule has 0 aliphatic heterocycles. The fraction of sp³-hybridized carbons (Fsp3) is 0.250. The molecule has 0 aromatic heterocycles. The van der Waals surface area contributed by atoms with Crippen LogP contribution in [0.25, 0.3) is 6.08 Å². The lowest BCUT2D eigenvalue weighted by Gasteiger charge is -2.05. The molecule has 0 bridgehead atoms. The molecule has 5 nitrogen and oxygen atoms in total. The molecule has 1 aromatic rings. The van der Waals surface area contributed by atoms with Gasteiger partial charge in [-0.05, 0) is 30.7 Å². The maximum Gasteiger partial charge on any atom is 0.330 e. The van der Waals surface area contributed by atoms with E-state index in [-0.39, 0.29) is 18.1 Å². The van der Waals surface area contributed by atoms with Crippen LogP contribution in [-0.4, -0.2) is 23.7 Å². The van der Waals surface area contributed by atoms with Gasteiger partial charge in [-0.15, -0.1) is 6.58 Å². The predicted octanol–water partition coefficient (Wildman–Crippen LogP) is 2.84. The number of ether oxygens (including phenoxy) is 2. The zero-order chi connectivity index (χ0) is 15.8. The number of carbonyl (C=O) groups excluding carboxylic acids is 2. The quantitative estimate of drug-likeness (QED) is 0.377. The number of phenolic OH excluding ortho intramolecular Hbond substituents is 1. The first-order valence-corrected chi connectivity index (χ1v) is 6.39. The molecule has 112 valence electrons. The highest BCUT2D eigenvalue weighted by Gasteiger charge is 2.06. The van der Waals surface area contributed by atoms with Crippen LogP contribution in [0, 0.1) is 0 Å². The van der Waals surface area contributed by atoms with Gasteiger partial charge in [0.25, 0.3) is 0 Å². The first kappa shape index (κ1) is 16.5. The van der Waals surface area contributed by atoms with Crippen LogP contribution in [0.4, 0.5) is 0 Å². The summed E-state index contributed by atoms with van der Waals surface area (Å²) in [6.45, 7) is 7.09. The normalized spacial score (nSPS) is 10.4. The van der Waals surface area contributed by atoms with E-state index in [4.69, 9.17) is 9.47 Å². The molecule has 0 radical (unpaired) electrons. The maximum absolute atomic E-state index is 11.5. The van der Waals surface area contributed by atoms with Gasteiger partial charge in [0.2, 0.25) is 0 Å². The van der Waals surface area contributed by atoms with Crippen molar-refractivity contribution in [2.24, 2.45) is 0 Å². The number of esters is 2. The monoisotopic (exact) mass is 290 g/mol. The topological polar surface area (TPSA) is 72.8 Å². The summed E-state index contributed by atoms with van der Waals surface area (Å²) in [5, 5.41) is 9.53. The molecular formula is C16H18O5. The lowest BCUT2D eigenvalue weighted by atomic mass is 10.2. The Morgan fingerprint density at radius 2 is 2.05 bits per heavy atom. The standard InChI is InChI=1S/C16H18O5/c1-11(2)8-9-20-16(19)7-5-13-4-6-14(18)15(10-13)21-12(3)17/h4-7,10,18H,1,8-9H2,2-3H3/b7-5-. The molecule has 0 fully saturated rings. The third-order valence-corrected chi connectivity index (χ3v) is 2.42. The fourth-order valence-electron chi connectivity index (χ4n) is 1.41. The van der Waals surface area contributed by atoms with Crippen molar-refractivity contribution >= 4 is 18.0 Å². The largest absolute Gasteiger partial charge is 0.504 e. The van der Waals surface area contributed by atoms with Crippen LogP contribution in [0.15, 0.2) is 36.4 Å². The third-order valence-electron chi connectivity index (χ3n) is 2.42.